The molecule has 9 aromatic rings. The highest BCUT2D eigenvalue weighted by Crippen LogP contribution is 2.35. The largest absolute Gasteiger partial charge is 0.288 e. The standard InChI is InChI=1S/C38H24N4/c1-4-10-25(11-5-1)28-16-19-33-31(22-28)39-37-38-40-32-23-29(26-12-6-2-7-13-26)17-20-34(32)42(38)36-24-30(18-21-35(36)41(33)37)27-14-8-3-9-15-27/h1-24H. The number of benzene rings is 6. The quantitative estimate of drug-likeness (QED) is 0.225. The summed E-state index contributed by atoms with van der Waals surface area (Å²) in [5.41, 5.74) is 15.0. The van der Waals surface area contributed by atoms with Crippen LogP contribution in [0.4, 0.5) is 0 Å². The van der Waals surface area contributed by atoms with Crippen molar-refractivity contribution in [3.05, 3.63) is 146 Å². The van der Waals surface area contributed by atoms with Crippen molar-refractivity contribution in [1.82, 2.24) is 18.8 Å². The van der Waals surface area contributed by atoms with Gasteiger partial charge in [-0.15, -0.1) is 0 Å². The second-order valence-corrected chi connectivity index (χ2v) is 10.8. The van der Waals surface area contributed by atoms with Crippen LogP contribution in [0, 0.1) is 0 Å². The monoisotopic (exact) mass is 536 g/mol. The number of hydrogen-bond acceptors (Lipinski definition) is 2. The maximum Gasteiger partial charge on any atom is 0.182 e. The first-order chi connectivity index (χ1) is 20.8. The lowest BCUT2D eigenvalue weighted by atomic mass is 10.0. The Labute approximate surface area is 241 Å². The molecule has 196 valence electrons. The van der Waals surface area contributed by atoms with Crippen LogP contribution in [0.1, 0.15) is 0 Å². The number of aromatic nitrogens is 4. The van der Waals surface area contributed by atoms with E-state index < -0.39 is 0 Å². The Kier molecular flexibility index (Phi) is 4.87. The summed E-state index contributed by atoms with van der Waals surface area (Å²) in [7, 11) is 0. The van der Waals surface area contributed by atoms with E-state index in [9.17, 15) is 0 Å². The van der Waals surface area contributed by atoms with E-state index in [0.29, 0.717) is 0 Å². The minimum Gasteiger partial charge on any atom is -0.288 e. The maximum absolute atomic E-state index is 5.24. The van der Waals surface area contributed by atoms with Crippen LogP contribution in [0.25, 0.3) is 77.8 Å². The van der Waals surface area contributed by atoms with Crippen molar-refractivity contribution in [2.24, 2.45) is 0 Å². The molecular weight excluding hydrogens is 512 g/mol. The maximum atomic E-state index is 5.24. The van der Waals surface area contributed by atoms with Gasteiger partial charge in [0.05, 0.1) is 33.1 Å². The first kappa shape index (κ1) is 23.0. The molecule has 9 rings (SSSR count). The normalized spacial score (nSPS) is 11.8. The lowest BCUT2D eigenvalue weighted by molar-refractivity contribution is 1.21. The highest BCUT2D eigenvalue weighted by atomic mass is 15.1. The predicted octanol–water partition coefficient (Wildman–Crippen LogP) is 9.44. The van der Waals surface area contributed by atoms with Crippen LogP contribution in [0.15, 0.2) is 146 Å². The molecule has 0 bridgehead atoms. The fraction of sp³-hybridized carbons (Fsp3) is 0. The zero-order chi connectivity index (χ0) is 27.6. The summed E-state index contributed by atoms with van der Waals surface area (Å²) in [5.74, 6) is 0. The molecule has 0 aliphatic carbocycles. The summed E-state index contributed by atoms with van der Waals surface area (Å²) in [5, 5.41) is 0. The smallest absolute Gasteiger partial charge is 0.182 e. The Hall–Kier alpha value is -5.74. The van der Waals surface area contributed by atoms with Gasteiger partial charge in [-0.2, -0.15) is 0 Å². The molecular formula is C38H24N4. The average molecular weight is 537 g/mol. The number of nitrogens with zero attached hydrogens (tertiary/aromatic N) is 4. The molecule has 0 aliphatic rings. The fourth-order valence-electron chi connectivity index (χ4n) is 6.27. The second-order valence-electron chi connectivity index (χ2n) is 10.8. The van der Waals surface area contributed by atoms with Gasteiger partial charge < -0.3 is 0 Å². The summed E-state index contributed by atoms with van der Waals surface area (Å²) >= 11 is 0. The van der Waals surface area contributed by atoms with Crippen molar-refractivity contribution in [2.45, 2.75) is 0 Å². The van der Waals surface area contributed by atoms with E-state index in [1.54, 1.807) is 0 Å². The number of fused-ring (bicyclic) bond motifs is 10. The molecule has 0 unspecified atom stereocenters. The third-order valence-electron chi connectivity index (χ3n) is 8.29. The Balaban J connectivity index is 1.39. The Morgan fingerprint density at radius 3 is 1.14 bits per heavy atom. The van der Waals surface area contributed by atoms with E-state index in [4.69, 9.17) is 9.97 Å². The van der Waals surface area contributed by atoms with E-state index in [-0.39, 0.29) is 0 Å². The van der Waals surface area contributed by atoms with Gasteiger partial charge in [0.15, 0.2) is 11.3 Å². The van der Waals surface area contributed by atoms with Gasteiger partial charge in [0.2, 0.25) is 0 Å². The Bertz CT molecular complexity index is 2440. The minimum atomic E-state index is 0.852. The molecule has 4 nitrogen and oxygen atoms in total. The number of rotatable bonds is 3. The van der Waals surface area contributed by atoms with Crippen LogP contribution < -0.4 is 0 Å². The van der Waals surface area contributed by atoms with Gasteiger partial charge in [-0.3, -0.25) is 8.80 Å². The van der Waals surface area contributed by atoms with Gasteiger partial charge >= 0.3 is 0 Å². The Morgan fingerprint density at radius 1 is 0.310 bits per heavy atom. The van der Waals surface area contributed by atoms with Crippen LogP contribution >= 0.6 is 0 Å². The summed E-state index contributed by atoms with van der Waals surface area (Å²) < 4.78 is 4.55. The topological polar surface area (TPSA) is 34.6 Å². The molecule has 0 saturated heterocycles. The van der Waals surface area contributed by atoms with Crippen LogP contribution in [-0.2, 0) is 0 Å². The fourth-order valence-corrected chi connectivity index (χ4v) is 6.27. The third kappa shape index (κ3) is 3.42. The molecule has 0 radical (unpaired) electrons. The highest BCUT2D eigenvalue weighted by Gasteiger charge is 2.19. The lowest BCUT2D eigenvalue weighted by Crippen LogP contribution is -1.98. The van der Waals surface area contributed by atoms with Gasteiger partial charge in [0.25, 0.3) is 0 Å². The van der Waals surface area contributed by atoms with Crippen molar-refractivity contribution >= 4 is 44.4 Å². The van der Waals surface area contributed by atoms with Gasteiger partial charge in [-0.05, 0) is 69.8 Å². The van der Waals surface area contributed by atoms with E-state index in [1.807, 2.05) is 12.1 Å². The zero-order valence-electron chi connectivity index (χ0n) is 22.6. The van der Waals surface area contributed by atoms with E-state index in [0.717, 1.165) is 55.5 Å². The SMILES string of the molecule is c1ccc(-c2ccc3c(c2)nc2c4nc5cc(-c6ccccc6)ccc5n4c4cc(-c5ccccc5)ccc4n32)cc1. The second kappa shape index (κ2) is 8.88. The molecule has 0 fully saturated rings. The van der Waals surface area contributed by atoms with Gasteiger partial charge in [-0.25, -0.2) is 9.97 Å². The summed E-state index contributed by atoms with van der Waals surface area (Å²) in [6.07, 6.45) is 0. The predicted molar refractivity (Wildman–Crippen MR) is 173 cm³/mol. The first-order valence-corrected chi connectivity index (χ1v) is 14.2. The molecule has 0 spiro atoms. The van der Waals surface area contributed by atoms with Crippen molar-refractivity contribution in [3.63, 3.8) is 0 Å². The van der Waals surface area contributed by atoms with Gasteiger partial charge in [-0.1, -0.05) is 109 Å². The molecule has 3 heterocycles. The van der Waals surface area contributed by atoms with Crippen molar-refractivity contribution in [1.29, 1.82) is 0 Å². The van der Waals surface area contributed by atoms with Crippen molar-refractivity contribution in [2.75, 3.05) is 0 Å². The number of hydrogen-bond donors (Lipinski definition) is 0. The molecule has 42 heavy (non-hydrogen) atoms. The molecule has 4 heteroatoms. The third-order valence-corrected chi connectivity index (χ3v) is 8.29. The van der Waals surface area contributed by atoms with E-state index >= 15 is 0 Å². The van der Waals surface area contributed by atoms with Crippen LogP contribution in [0.5, 0.6) is 0 Å². The molecule has 3 aromatic heterocycles. The van der Waals surface area contributed by atoms with Crippen LogP contribution in [-0.4, -0.2) is 18.8 Å². The zero-order valence-corrected chi connectivity index (χ0v) is 22.6. The lowest BCUT2D eigenvalue weighted by Gasteiger charge is -2.11. The molecule has 0 amide bonds. The van der Waals surface area contributed by atoms with Gasteiger partial charge in [0.1, 0.15) is 0 Å². The van der Waals surface area contributed by atoms with Crippen molar-refractivity contribution in [3.8, 4) is 33.4 Å². The van der Waals surface area contributed by atoms with Crippen molar-refractivity contribution < 1.29 is 0 Å². The number of imidazole rings is 2. The first-order valence-electron chi connectivity index (χ1n) is 14.2. The molecule has 0 atom stereocenters. The summed E-state index contributed by atoms with van der Waals surface area (Å²) in [6.45, 7) is 0. The molecule has 0 aliphatic heterocycles. The van der Waals surface area contributed by atoms with E-state index in [1.165, 1.54) is 22.3 Å². The summed E-state index contributed by atoms with van der Waals surface area (Å²) in [4.78, 5) is 10.5. The molecule has 6 aromatic carbocycles. The Morgan fingerprint density at radius 2 is 0.690 bits per heavy atom. The minimum absolute atomic E-state index is 0.852. The highest BCUT2D eigenvalue weighted by molar-refractivity contribution is 6.01. The van der Waals surface area contributed by atoms with Gasteiger partial charge in [0, 0.05) is 0 Å². The van der Waals surface area contributed by atoms with E-state index in [2.05, 4.69) is 142 Å². The van der Waals surface area contributed by atoms with Crippen LogP contribution in [0.2, 0.25) is 0 Å². The van der Waals surface area contributed by atoms with Crippen LogP contribution in [0.3, 0.4) is 0 Å². The molecule has 0 saturated carbocycles. The molecule has 0 N–H and O–H groups in total. The summed E-state index contributed by atoms with van der Waals surface area (Å²) in [6, 6.07) is 51.4. The average Bonchev–Trinajstić information content (AvgIpc) is 3.64.